The molecule has 1 aromatic rings. The molecule has 0 bridgehead atoms. The molecule has 1 aromatic carbocycles. The molecule has 0 amide bonds. The molecule has 1 unspecified atom stereocenters. The average molecular weight is 330 g/mol. The van der Waals surface area contributed by atoms with E-state index in [0.29, 0.717) is 16.5 Å². The van der Waals surface area contributed by atoms with Gasteiger partial charge in [-0.1, -0.05) is 43.1 Å². The van der Waals surface area contributed by atoms with Crippen LogP contribution in [0.3, 0.4) is 0 Å². The molecule has 1 saturated heterocycles. The zero-order valence-corrected chi connectivity index (χ0v) is 14.4. The summed E-state index contributed by atoms with van der Waals surface area (Å²) in [5.41, 5.74) is 0.692. The molecule has 0 saturated carbocycles. The fraction of sp³-hybridized carbons (Fsp3) is 0.647. The number of aliphatic hydroxyl groups excluding tert-OH is 1. The van der Waals surface area contributed by atoms with Crippen molar-refractivity contribution in [2.75, 3.05) is 13.1 Å². The van der Waals surface area contributed by atoms with Gasteiger partial charge in [0, 0.05) is 22.0 Å². The molecule has 0 aliphatic carbocycles. The lowest BCUT2D eigenvalue weighted by Crippen LogP contribution is -2.55. The lowest BCUT2D eigenvalue weighted by Gasteiger charge is -2.44. The maximum Gasteiger partial charge on any atom is 0.0764 e. The standard InChI is InChI=1S/C17H25Cl2NO/c1-3-17(4-2,20-10-5-6-11-20)16(21)12-13-14(18)8-7-9-15(13)19/h7-9,16,21H,3-6,10-12H2,1-2H3. The third-order valence-electron chi connectivity index (χ3n) is 5.04. The highest BCUT2D eigenvalue weighted by molar-refractivity contribution is 6.36. The van der Waals surface area contributed by atoms with Gasteiger partial charge in [0.05, 0.1) is 6.10 Å². The first-order valence-corrected chi connectivity index (χ1v) is 8.66. The van der Waals surface area contributed by atoms with Crippen molar-refractivity contribution in [3.05, 3.63) is 33.8 Å². The zero-order valence-electron chi connectivity index (χ0n) is 12.9. The summed E-state index contributed by atoms with van der Waals surface area (Å²) in [5.74, 6) is 0. The number of benzene rings is 1. The number of halogens is 2. The number of hydrogen-bond acceptors (Lipinski definition) is 2. The Balaban J connectivity index is 2.24. The molecule has 118 valence electrons. The Kier molecular flexibility index (Phi) is 5.96. The second-order valence-corrected chi connectivity index (χ2v) is 6.74. The van der Waals surface area contributed by atoms with E-state index in [9.17, 15) is 5.11 Å². The molecule has 21 heavy (non-hydrogen) atoms. The van der Waals surface area contributed by atoms with E-state index in [2.05, 4.69) is 18.7 Å². The van der Waals surface area contributed by atoms with Crippen molar-refractivity contribution >= 4 is 23.2 Å². The third-order valence-corrected chi connectivity index (χ3v) is 5.75. The first-order chi connectivity index (χ1) is 10.0. The molecule has 1 atom stereocenters. The second-order valence-electron chi connectivity index (χ2n) is 5.92. The largest absolute Gasteiger partial charge is 0.391 e. The monoisotopic (exact) mass is 329 g/mol. The zero-order chi connectivity index (χ0) is 15.5. The van der Waals surface area contributed by atoms with Gasteiger partial charge in [0.1, 0.15) is 0 Å². The van der Waals surface area contributed by atoms with E-state index in [1.807, 2.05) is 18.2 Å². The Hall–Kier alpha value is -0.280. The van der Waals surface area contributed by atoms with Gasteiger partial charge in [-0.05, 0) is 56.5 Å². The molecule has 2 nitrogen and oxygen atoms in total. The van der Waals surface area contributed by atoms with E-state index in [0.717, 1.165) is 31.5 Å². The van der Waals surface area contributed by atoms with Gasteiger partial charge < -0.3 is 5.11 Å². The molecular formula is C17H25Cl2NO. The number of rotatable bonds is 6. The van der Waals surface area contributed by atoms with Crippen molar-refractivity contribution in [3.8, 4) is 0 Å². The molecule has 2 rings (SSSR count). The molecule has 1 aliphatic heterocycles. The van der Waals surface area contributed by atoms with E-state index in [1.165, 1.54) is 12.8 Å². The van der Waals surface area contributed by atoms with Crippen LogP contribution in [-0.4, -0.2) is 34.7 Å². The van der Waals surface area contributed by atoms with Crippen molar-refractivity contribution in [2.45, 2.75) is 57.6 Å². The average Bonchev–Trinajstić information content (AvgIpc) is 3.00. The fourth-order valence-electron chi connectivity index (χ4n) is 3.65. The highest BCUT2D eigenvalue weighted by atomic mass is 35.5. The van der Waals surface area contributed by atoms with Crippen molar-refractivity contribution in [2.24, 2.45) is 0 Å². The minimum Gasteiger partial charge on any atom is -0.391 e. The normalized spacial score (nSPS) is 18.1. The van der Waals surface area contributed by atoms with Crippen LogP contribution in [0.15, 0.2) is 18.2 Å². The maximum atomic E-state index is 11.0. The van der Waals surface area contributed by atoms with Crippen LogP contribution < -0.4 is 0 Å². The lowest BCUT2D eigenvalue weighted by atomic mass is 9.81. The van der Waals surface area contributed by atoms with Crippen LogP contribution >= 0.6 is 23.2 Å². The minimum atomic E-state index is -0.456. The first kappa shape index (κ1) is 17.1. The molecule has 0 aromatic heterocycles. The Morgan fingerprint density at radius 1 is 1.14 bits per heavy atom. The van der Waals surface area contributed by atoms with E-state index in [1.54, 1.807) is 0 Å². The molecule has 4 heteroatoms. The van der Waals surface area contributed by atoms with Gasteiger partial charge in [0.15, 0.2) is 0 Å². The first-order valence-electron chi connectivity index (χ1n) is 7.91. The lowest BCUT2D eigenvalue weighted by molar-refractivity contribution is -0.0269. The number of hydrogen-bond donors (Lipinski definition) is 1. The Labute approximate surface area is 138 Å². The van der Waals surface area contributed by atoms with Crippen molar-refractivity contribution in [3.63, 3.8) is 0 Å². The SMILES string of the molecule is CCC(CC)(C(O)Cc1c(Cl)cccc1Cl)N1CCCC1. The number of aliphatic hydroxyl groups is 1. The van der Waals surface area contributed by atoms with Crippen molar-refractivity contribution in [1.82, 2.24) is 4.90 Å². The van der Waals surface area contributed by atoms with E-state index in [-0.39, 0.29) is 5.54 Å². The molecule has 1 aliphatic rings. The highest BCUT2D eigenvalue weighted by Crippen LogP contribution is 2.35. The van der Waals surface area contributed by atoms with Gasteiger partial charge in [-0.25, -0.2) is 0 Å². The maximum absolute atomic E-state index is 11.0. The van der Waals surface area contributed by atoms with E-state index in [4.69, 9.17) is 23.2 Å². The van der Waals surface area contributed by atoms with Gasteiger partial charge in [0.25, 0.3) is 0 Å². The van der Waals surface area contributed by atoms with Gasteiger partial charge >= 0.3 is 0 Å². The molecule has 1 fully saturated rings. The molecular weight excluding hydrogens is 305 g/mol. The Morgan fingerprint density at radius 3 is 2.14 bits per heavy atom. The van der Waals surface area contributed by atoms with Crippen LogP contribution in [-0.2, 0) is 6.42 Å². The quantitative estimate of drug-likeness (QED) is 0.827. The number of likely N-dealkylation sites (tertiary alicyclic amines) is 1. The minimum absolute atomic E-state index is 0.168. The van der Waals surface area contributed by atoms with Crippen LogP contribution in [0.25, 0.3) is 0 Å². The summed E-state index contributed by atoms with van der Waals surface area (Å²) >= 11 is 12.5. The Bertz CT molecular complexity index is 448. The number of nitrogens with zero attached hydrogens (tertiary/aromatic N) is 1. The molecule has 0 spiro atoms. The molecule has 1 N–H and O–H groups in total. The van der Waals surface area contributed by atoms with Crippen LogP contribution in [0.4, 0.5) is 0 Å². The van der Waals surface area contributed by atoms with Crippen LogP contribution in [0, 0.1) is 0 Å². The van der Waals surface area contributed by atoms with Gasteiger partial charge in [-0.3, -0.25) is 4.90 Å². The van der Waals surface area contributed by atoms with Gasteiger partial charge in [0.2, 0.25) is 0 Å². The summed E-state index contributed by atoms with van der Waals surface area (Å²) in [5, 5.41) is 12.2. The summed E-state index contributed by atoms with van der Waals surface area (Å²) in [6, 6.07) is 5.52. The summed E-state index contributed by atoms with van der Waals surface area (Å²) in [4.78, 5) is 2.46. The van der Waals surface area contributed by atoms with Crippen LogP contribution in [0.1, 0.15) is 45.1 Å². The van der Waals surface area contributed by atoms with Crippen molar-refractivity contribution < 1.29 is 5.11 Å². The van der Waals surface area contributed by atoms with E-state index >= 15 is 0 Å². The summed E-state index contributed by atoms with van der Waals surface area (Å²) < 4.78 is 0. The van der Waals surface area contributed by atoms with Gasteiger partial charge in [-0.15, -0.1) is 0 Å². The van der Waals surface area contributed by atoms with E-state index < -0.39 is 6.10 Å². The fourth-order valence-corrected chi connectivity index (χ4v) is 4.20. The highest BCUT2D eigenvalue weighted by Gasteiger charge is 2.41. The predicted molar refractivity (Wildman–Crippen MR) is 90.3 cm³/mol. The van der Waals surface area contributed by atoms with Crippen LogP contribution in [0.5, 0.6) is 0 Å². The molecule has 0 radical (unpaired) electrons. The molecule has 1 heterocycles. The predicted octanol–water partition coefficient (Wildman–Crippen LogP) is 4.55. The second kappa shape index (κ2) is 7.32. The Morgan fingerprint density at radius 2 is 1.67 bits per heavy atom. The third kappa shape index (κ3) is 3.39. The summed E-state index contributed by atoms with van der Waals surface area (Å²) in [6.07, 6.45) is 4.38. The van der Waals surface area contributed by atoms with Gasteiger partial charge in [-0.2, -0.15) is 0 Å². The topological polar surface area (TPSA) is 23.5 Å². The summed E-state index contributed by atoms with van der Waals surface area (Å²) in [6.45, 7) is 6.49. The van der Waals surface area contributed by atoms with Crippen LogP contribution in [0.2, 0.25) is 10.0 Å². The van der Waals surface area contributed by atoms with Crippen molar-refractivity contribution in [1.29, 1.82) is 0 Å². The summed E-state index contributed by atoms with van der Waals surface area (Å²) in [7, 11) is 0. The smallest absolute Gasteiger partial charge is 0.0764 e.